The lowest BCUT2D eigenvalue weighted by molar-refractivity contribution is -0.139. The van der Waals surface area contributed by atoms with E-state index in [1.54, 1.807) is 26.8 Å². The Hall–Kier alpha value is -3.46. The Kier molecular flexibility index (Phi) is 6.95. The van der Waals surface area contributed by atoms with Gasteiger partial charge < -0.3 is 14.8 Å². The summed E-state index contributed by atoms with van der Waals surface area (Å²) >= 11 is 0. The van der Waals surface area contributed by atoms with Crippen LogP contribution in [0.15, 0.2) is 41.3 Å². The molecule has 0 saturated heterocycles. The molecule has 35 heavy (non-hydrogen) atoms. The number of halogens is 3. The van der Waals surface area contributed by atoms with Crippen LogP contribution in [0.1, 0.15) is 49.9 Å². The van der Waals surface area contributed by atoms with Crippen molar-refractivity contribution < 1.29 is 35.9 Å². The fraction of sp³-hybridized carbons (Fsp3) is 0.391. The van der Waals surface area contributed by atoms with E-state index in [9.17, 15) is 26.4 Å². The zero-order valence-electron chi connectivity index (χ0n) is 19.4. The fourth-order valence-electron chi connectivity index (χ4n) is 3.70. The number of rotatable bonds is 4. The van der Waals surface area contributed by atoms with E-state index in [2.05, 4.69) is 5.32 Å². The molecule has 12 heteroatoms. The van der Waals surface area contributed by atoms with Crippen molar-refractivity contribution in [1.29, 1.82) is 5.26 Å². The lowest BCUT2D eigenvalue weighted by Crippen LogP contribution is -2.42. The third kappa shape index (κ3) is 5.62. The quantitative estimate of drug-likeness (QED) is 0.635. The highest BCUT2D eigenvalue weighted by molar-refractivity contribution is 7.92. The molecule has 0 aliphatic carbocycles. The molecule has 3 rings (SSSR count). The molecule has 0 fully saturated rings. The van der Waals surface area contributed by atoms with Crippen LogP contribution in [-0.4, -0.2) is 33.8 Å². The summed E-state index contributed by atoms with van der Waals surface area (Å²) in [7, 11) is -3.29. The molecular weight excluding hydrogens is 487 g/mol. The Morgan fingerprint density at radius 1 is 1.17 bits per heavy atom. The lowest BCUT2D eigenvalue weighted by atomic mass is 9.97. The second-order valence-corrected chi connectivity index (χ2v) is 10.6. The van der Waals surface area contributed by atoms with Gasteiger partial charge in [0.25, 0.3) is 10.0 Å². The molecular formula is C23H24F3N3O5S. The maximum atomic E-state index is 13.7. The van der Waals surface area contributed by atoms with Gasteiger partial charge in [0.1, 0.15) is 11.4 Å². The number of nitrogens with one attached hydrogen (secondary N) is 1. The number of nitrogens with zero attached hydrogens (tertiary/aromatic N) is 2. The van der Waals surface area contributed by atoms with Crippen molar-refractivity contribution in [1.82, 2.24) is 5.32 Å². The van der Waals surface area contributed by atoms with E-state index in [1.807, 2.05) is 0 Å². The normalized spacial score (nSPS) is 16.2. The highest BCUT2D eigenvalue weighted by Crippen LogP contribution is 2.42. The molecule has 0 saturated carbocycles. The number of anilines is 1. The van der Waals surface area contributed by atoms with Crippen molar-refractivity contribution in [2.45, 2.75) is 49.9 Å². The number of fused-ring (bicyclic) bond motifs is 1. The molecule has 0 aromatic heterocycles. The molecule has 1 heterocycles. The topological polar surface area (TPSA) is 109 Å². The SMILES string of the molecule is COc1ccc2c(c1)C(NC(=O)OC(C)(C)C)CCN2S(=O)(=O)c1ccc(C#N)cc1C(F)(F)F. The van der Waals surface area contributed by atoms with Gasteiger partial charge in [0.2, 0.25) is 0 Å². The molecule has 1 atom stereocenters. The first kappa shape index (κ1) is 26.2. The molecule has 0 spiro atoms. The van der Waals surface area contributed by atoms with Crippen molar-refractivity contribution in [3.8, 4) is 11.8 Å². The Balaban J connectivity index is 2.09. The number of nitriles is 1. The lowest BCUT2D eigenvalue weighted by Gasteiger charge is -2.36. The standard InChI is InChI=1S/C23H24F3N3O5S/c1-22(2,3)34-21(30)28-18-9-10-29(19-7-6-15(33-4)12-16(18)19)35(31,32)20-8-5-14(13-27)11-17(20)23(24,25)26/h5-8,11-12,18H,9-10H2,1-4H3,(H,28,30). The number of alkyl carbamates (subject to hydrolysis) is 1. The van der Waals surface area contributed by atoms with Gasteiger partial charge in [-0.05, 0) is 63.6 Å². The fourth-order valence-corrected chi connectivity index (χ4v) is 5.40. The second-order valence-electron chi connectivity index (χ2n) is 8.81. The van der Waals surface area contributed by atoms with E-state index in [1.165, 1.54) is 25.3 Å². The minimum absolute atomic E-state index is 0.0657. The van der Waals surface area contributed by atoms with E-state index in [4.69, 9.17) is 14.7 Å². The summed E-state index contributed by atoms with van der Waals surface area (Å²) in [5.41, 5.74) is -2.08. The Labute approximate surface area is 201 Å². The third-order valence-electron chi connectivity index (χ3n) is 5.17. The molecule has 1 aliphatic heterocycles. The first-order chi connectivity index (χ1) is 16.2. The van der Waals surface area contributed by atoms with Crippen molar-refractivity contribution in [3.63, 3.8) is 0 Å². The number of sulfonamides is 1. The first-order valence-electron chi connectivity index (χ1n) is 10.5. The summed E-state index contributed by atoms with van der Waals surface area (Å²) in [6.45, 7) is 4.86. The van der Waals surface area contributed by atoms with Crippen LogP contribution in [0.5, 0.6) is 5.75 Å². The van der Waals surface area contributed by atoms with Crippen LogP contribution in [-0.2, 0) is 20.9 Å². The molecule has 1 N–H and O–H groups in total. The van der Waals surface area contributed by atoms with Gasteiger partial charge in [-0.15, -0.1) is 0 Å². The van der Waals surface area contributed by atoms with E-state index in [0.717, 1.165) is 16.4 Å². The number of methoxy groups -OCH3 is 1. The summed E-state index contributed by atoms with van der Waals surface area (Å²) in [6, 6.07) is 7.63. The van der Waals surface area contributed by atoms with Crippen LogP contribution < -0.4 is 14.4 Å². The minimum Gasteiger partial charge on any atom is -0.497 e. The Morgan fingerprint density at radius 2 is 1.86 bits per heavy atom. The molecule has 0 radical (unpaired) electrons. The third-order valence-corrected chi connectivity index (χ3v) is 7.04. The predicted molar refractivity (Wildman–Crippen MR) is 120 cm³/mol. The number of hydrogen-bond donors (Lipinski definition) is 1. The van der Waals surface area contributed by atoms with Crippen LogP contribution in [0.2, 0.25) is 0 Å². The summed E-state index contributed by atoms with van der Waals surface area (Å²) in [5.74, 6) is 0.369. The number of carbonyl (C=O) groups excluding carboxylic acids is 1. The maximum Gasteiger partial charge on any atom is 0.417 e. The van der Waals surface area contributed by atoms with Gasteiger partial charge in [0.05, 0.1) is 40.9 Å². The van der Waals surface area contributed by atoms with Crippen molar-refractivity contribution in [3.05, 3.63) is 53.1 Å². The number of carbonyl (C=O) groups is 1. The average molecular weight is 512 g/mol. The largest absolute Gasteiger partial charge is 0.497 e. The maximum absolute atomic E-state index is 13.7. The van der Waals surface area contributed by atoms with Crippen molar-refractivity contribution >= 4 is 21.8 Å². The van der Waals surface area contributed by atoms with E-state index in [-0.39, 0.29) is 24.2 Å². The zero-order valence-corrected chi connectivity index (χ0v) is 20.2. The number of ether oxygens (including phenoxy) is 2. The van der Waals surface area contributed by atoms with Crippen LogP contribution in [0.4, 0.5) is 23.7 Å². The van der Waals surface area contributed by atoms with Crippen molar-refractivity contribution in [2.75, 3.05) is 18.0 Å². The van der Waals surface area contributed by atoms with Gasteiger partial charge in [0, 0.05) is 12.1 Å². The average Bonchev–Trinajstić information content (AvgIpc) is 2.76. The molecule has 1 unspecified atom stereocenters. The van der Waals surface area contributed by atoms with Gasteiger partial charge in [-0.2, -0.15) is 18.4 Å². The molecule has 1 amide bonds. The summed E-state index contributed by atoms with van der Waals surface area (Å²) < 4.78 is 79.5. The van der Waals surface area contributed by atoms with Gasteiger partial charge in [0.15, 0.2) is 0 Å². The molecule has 2 aromatic rings. The molecule has 0 bridgehead atoms. The van der Waals surface area contributed by atoms with Gasteiger partial charge in [-0.3, -0.25) is 4.31 Å². The van der Waals surface area contributed by atoms with E-state index in [0.29, 0.717) is 17.4 Å². The highest BCUT2D eigenvalue weighted by atomic mass is 32.2. The minimum atomic E-state index is -5.01. The first-order valence-corrected chi connectivity index (χ1v) is 11.9. The van der Waals surface area contributed by atoms with Gasteiger partial charge in [-0.25, -0.2) is 13.2 Å². The molecule has 188 valence electrons. The summed E-state index contributed by atoms with van der Waals surface area (Å²) in [6.07, 6.45) is -5.66. The zero-order chi connectivity index (χ0) is 26.2. The Morgan fingerprint density at radius 3 is 2.43 bits per heavy atom. The molecule has 1 aliphatic rings. The van der Waals surface area contributed by atoms with Gasteiger partial charge in [-0.1, -0.05) is 0 Å². The number of hydrogen-bond acceptors (Lipinski definition) is 6. The van der Waals surface area contributed by atoms with Crippen LogP contribution >= 0.6 is 0 Å². The monoisotopic (exact) mass is 511 g/mol. The Bertz CT molecular complexity index is 1280. The van der Waals surface area contributed by atoms with Crippen molar-refractivity contribution in [2.24, 2.45) is 0 Å². The van der Waals surface area contributed by atoms with E-state index < -0.39 is 44.4 Å². The van der Waals surface area contributed by atoms with Crippen LogP contribution in [0, 0.1) is 11.3 Å². The molecule has 2 aromatic carbocycles. The predicted octanol–water partition coefficient (Wildman–Crippen LogP) is 4.75. The smallest absolute Gasteiger partial charge is 0.417 e. The summed E-state index contributed by atoms with van der Waals surface area (Å²) in [4.78, 5) is 11.4. The van der Waals surface area contributed by atoms with Crippen LogP contribution in [0.25, 0.3) is 0 Å². The highest BCUT2D eigenvalue weighted by Gasteiger charge is 2.41. The van der Waals surface area contributed by atoms with Crippen LogP contribution in [0.3, 0.4) is 0 Å². The van der Waals surface area contributed by atoms with Gasteiger partial charge >= 0.3 is 12.3 Å². The number of alkyl halides is 3. The molecule has 8 nitrogen and oxygen atoms in total. The number of benzene rings is 2. The van der Waals surface area contributed by atoms with E-state index >= 15 is 0 Å². The summed E-state index contributed by atoms with van der Waals surface area (Å²) in [5, 5.41) is 11.7. The second kappa shape index (κ2) is 9.30. The number of amides is 1.